The van der Waals surface area contributed by atoms with Crippen LogP contribution in [0.3, 0.4) is 0 Å². The third-order valence-electron chi connectivity index (χ3n) is 4.94. The molecule has 0 fully saturated rings. The van der Waals surface area contributed by atoms with Gasteiger partial charge in [-0.3, -0.25) is 0 Å². The Morgan fingerprint density at radius 2 is 0.938 bits per heavy atom. The Hall–Kier alpha value is -3.44. The minimum absolute atomic E-state index is 0. The monoisotopic (exact) mass is 600 g/mol. The van der Waals surface area contributed by atoms with Crippen LogP contribution in [0.5, 0.6) is 11.5 Å². The van der Waals surface area contributed by atoms with Gasteiger partial charge in [0.05, 0.1) is 0 Å². The number of rotatable bonds is 2. The van der Waals surface area contributed by atoms with E-state index in [0.29, 0.717) is 0 Å². The average molecular weight is 600 g/mol. The van der Waals surface area contributed by atoms with Crippen LogP contribution in [0.15, 0.2) is 122 Å². The van der Waals surface area contributed by atoms with Crippen molar-refractivity contribution in [3.8, 4) is 11.5 Å². The van der Waals surface area contributed by atoms with Gasteiger partial charge >= 0.3 is 0 Å². The van der Waals surface area contributed by atoms with E-state index in [-0.39, 0.29) is 22.4 Å². The number of ether oxygens (including phenoxy) is 1. The van der Waals surface area contributed by atoms with Crippen molar-refractivity contribution < 1.29 is 27.1 Å². The first-order valence-corrected chi connectivity index (χ1v) is 10.1. The van der Waals surface area contributed by atoms with Crippen LogP contribution in [0.25, 0.3) is 5.32 Å². The van der Waals surface area contributed by atoms with Gasteiger partial charge in [-0.1, -0.05) is 84.2 Å². The molecule has 2 aliphatic rings. The van der Waals surface area contributed by atoms with Crippen LogP contribution >= 0.6 is 0 Å². The van der Waals surface area contributed by atoms with Crippen LogP contribution in [-0.4, -0.2) is 0 Å². The first-order valence-electron chi connectivity index (χ1n) is 10.1. The zero-order valence-corrected chi connectivity index (χ0v) is 19.3. The van der Waals surface area contributed by atoms with Gasteiger partial charge in [0.15, 0.2) is 0 Å². The van der Waals surface area contributed by atoms with Gasteiger partial charge < -0.3 is 19.9 Å². The standard InChI is InChI=1S/C15H13N2.C12H8NO.Au/c1-3-7-14(8-4-1)16-11-12-17(13-16)15-9-5-2-6-10-15;1-3-7-11-9(5-1)13-10-6-2-4-8-12(10)14-11;/h1-13H;1-8H;/q2*-1;. The molecule has 0 saturated carbocycles. The Morgan fingerprint density at radius 3 is 1.41 bits per heavy atom. The molecule has 4 aromatic rings. The summed E-state index contributed by atoms with van der Waals surface area (Å²) in [5, 5.41) is 4.48. The van der Waals surface area contributed by atoms with Crippen molar-refractivity contribution in [3.63, 3.8) is 0 Å². The van der Waals surface area contributed by atoms with Crippen LogP contribution in [0.4, 0.5) is 22.7 Å². The molecule has 4 nitrogen and oxygen atoms in total. The van der Waals surface area contributed by atoms with Crippen LogP contribution in [0.1, 0.15) is 0 Å². The molecule has 2 aliphatic heterocycles. The third kappa shape index (κ3) is 4.89. The molecule has 163 valence electrons. The van der Waals surface area contributed by atoms with E-state index in [4.69, 9.17) is 4.74 Å². The van der Waals surface area contributed by atoms with Gasteiger partial charge in [0.2, 0.25) is 0 Å². The molecule has 0 spiro atoms. The van der Waals surface area contributed by atoms with Crippen molar-refractivity contribution in [2.24, 2.45) is 0 Å². The van der Waals surface area contributed by atoms with Crippen molar-refractivity contribution in [3.05, 3.63) is 134 Å². The third-order valence-corrected chi connectivity index (χ3v) is 4.94. The summed E-state index contributed by atoms with van der Waals surface area (Å²) in [5.74, 6) is 1.65. The number of fused-ring (bicyclic) bond motifs is 2. The van der Waals surface area contributed by atoms with Crippen LogP contribution < -0.4 is 14.5 Å². The van der Waals surface area contributed by atoms with E-state index in [1.165, 1.54) is 11.4 Å². The maximum atomic E-state index is 5.68. The number of nitrogens with zero attached hydrogens (tertiary/aromatic N) is 3. The summed E-state index contributed by atoms with van der Waals surface area (Å²) in [6.07, 6.45) is 4.12. The quantitative estimate of drug-likeness (QED) is 0.154. The Labute approximate surface area is 204 Å². The number of hydrogen-bond donors (Lipinski definition) is 0. The van der Waals surface area contributed by atoms with E-state index in [2.05, 4.69) is 58.5 Å². The molecular weight excluding hydrogens is 579 g/mol. The molecule has 0 saturated heterocycles. The second-order valence-corrected chi connectivity index (χ2v) is 7.05. The van der Waals surface area contributed by atoms with Crippen molar-refractivity contribution in [1.82, 2.24) is 0 Å². The summed E-state index contributed by atoms with van der Waals surface area (Å²) in [7, 11) is 0. The topological polar surface area (TPSA) is 29.8 Å². The van der Waals surface area contributed by atoms with Gasteiger partial charge in [0.1, 0.15) is 11.5 Å². The average Bonchev–Trinajstić information content (AvgIpc) is 3.35. The molecule has 0 N–H and O–H groups in total. The molecule has 6 rings (SSSR count). The molecule has 5 heteroatoms. The zero-order chi connectivity index (χ0) is 20.9. The minimum Gasteiger partial charge on any atom is -0.652 e. The predicted octanol–water partition coefficient (Wildman–Crippen LogP) is 7.73. The fraction of sp³-hybridized carbons (Fsp3) is 0. The molecule has 0 bridgehead atoms. The van der Waals surface area contributed by atoms with E-state index >= 15 is 0 Å². The fourth-order valence-electron chi connectivity index (χ4n) is 3.38. The van der Waals surface area contributed by atoms with Crippen LogP contribution in [0.2, 0.25) is 0 Å². The van der Waals surface area contributed by atoms with Gasteiger partial charge in [0.25, 0.3) is 0 Å². The van der Waals surface area contributed by atoms with Gasteiger partial charge in [-0.05, 0) is 48.8 Å². The molecule has 32 heavy (non-hydrogen) atoms. The second kappa shape index (κ2) is 10.2. The Morgan fingerprint density at radius 1 is 0.531 bits per heavy atom. The number of benzene rings is 4. The first-order chi connectivity index (χ1) is 15.4. The van der Waals surface area contributed by atoms with E-state index < -0.39 is 0 Å². The van der Waals surface area contributed by atoms with E-state index in [1.54, 1.807) is 0 Å². The number of para-hydroxylation sites is 6. The van der Waals surface area contributed by atoms with E-state index in [1.807, 2.05) is 84.9 Å². The maximum absolute atomic E-state index is 5.68. The summed E-state index contributed by atoms with van der Waals surface area (Å²) in [5.41, 5.74) is 4.13. The first kappa shape index (κ1) is 21.8. The maximum Gasteiger partial charge on any atom is 0.112 e. The Bertz CT molecular complexity index is 1050. The van der Waals surface area contributed by atoms with Crippen molar-refractivity contribution in [1.29, 1.82) is 0 Å². The van der Waals surface area contributed by atoms with Crippen molar-refractivity contribution >= 4 is 22.7 Å². The smallest absolute Gasteiger partial charge is 0.112 e. The Kier molecular flexibility index (Phi) is 6.97. The Balaban J connectivity index is 0.000000151. The fourth-order valence-corrected chi connectivity index (χ4v) is 3.38. The van der Waals surface area contributed by atoms with Crippen LogP contribution in [-0.2, 0) is 22.4 Å². The minimum atomic E-state index is 0. The van der Waals surface area contributed by atoms with Crippen molar-refractivity contribution in [2.45, 2.75) is 0 Å². The van der Waals surface area contributed by atoms with Crippen molar-refractivity contribution in [2.75, 3.05) is 9.80 Å². The largest absolute Gasteiger partial charge is 0.652 e. The molecule has 0 aromatic heterocycles. The SMILES string of the molecule is C1=CN(c2ccccc2)[CH-]N1c1ccccc1.[Au].c1ccc2c(c1)[N-]c1ccccc1O2. The summed E-state index contributed by atoms with van der Waals surface area (Å²) in [6, 6.07) is 36.2. The summed E-state index contributed by atoms with van der Waals surface area (Å²) in [6.45, 7) is 2.07. The molecule has 0 aliphatic carbocycles. The van der Waals surface area contributed by atoms with E-state index in [9.17, 15) is 0 Å². The predicted molar refractivity (Wildman–Crippen MR) is 127 cm³/mol. The summed E-state index contributed by atoms with van der Waals surface area (Å²) >= 11 is 0. The molecular formula is C27H21AuN3O-2. The molecule has 1 radical (unpaired) electrons. The van der Waals surface area contributed by atoms with Crippen LogP contribution in [0, 0.1) is 6.67 Å². The molecule has 0 amide bonds. The molecule has 0 atom stereocenters. The zero-order valence-electron chi connectivity index (χ0n) is 17.2. The summed E-state index contributed by atoms with van der Waals surface area (Å²) in [4.78, 5) is 4.21. The van der Waals surface area contributed by atoms with Gasteiger partial charge in [-0.15, -0.1) is 6.67 Å². The van der Waals surface area contributed by atoms with Gasteiger partial charge in [0, 0.05) is 33.8 Å². The normalized spacial score (nSPS) is 12.9. The molecule has 2 heterocycles. The summed E-state index contributed by atoms with van der Waals surface area (Å²) < 4.78 is 5.68. The number of hydrogen-bond acceptors (Lipinski definition) is 3. The number of anilines is 2. The molecule has 0 unspecified atom stereocenters. The van der Waals surface area contributed by atoms with Gasteiger partial charge in [-0.25, -0.2) is 0 Å². The van der Waals surface area contributed by atoms with E-state index in [0.717, 1.165) is 22.9 Å². The van der Waals surface area contributed by atoms with Gasteiger partial charge in [-0.2, -0.15) is 0 Å². The second-order valence-electron chi connectivity index (χ2n) is 7.05. The molecule has 4 aromatic carbocycles.